The average molecular weight is 363 g/mol. The third-order valence-electron chi connectivity index (χ3n) is 4.42. The summed E-state index contributed by atoms with van der Waals surface area (Å²) in [5.74, 6) is 0.0624. The number of ether oxygens (including phenoxy) is 1. The molecule has 4 atom stereocenters. The quantitative estimate of drug-likeness (QED) is 0.515. The zero-order valence-electron chi connectivity index (χ0n) is 13.3. The van der Waals surface area contributed by atoms with Crippen LogP contribution in [0.3, 0.4) is 0 Å². The summed E-state index contributed by atoms with van der Waals surface area (Å²) in [6, 6.07) is 1.90. The van der Waals surface area contributed by atoms with E-state index >= 15 is 0 Å². The van der Waals surface area contributed by atoms with Crippen LogP contribution in [-0.2, 0) is 4.74 Å². The Hall–Kier alpha value is -2.11. The highest BCUT2D eigenvalue weighted by Gasteiger charge is 2.53. The fourth-order valence-electron chi connectivity index (χ4n) is 3.10. The lowest BCUT2D eigenvalue weighted by molar-refractivity contribution is -0.0950. The van der Waals surface area contributed by atoms with Crippen LogP contribution in [0.25, 0.3) is 22.4 Å². The largest absolute Gasteiger partial charge is 0.394 e. The smallest absolute Gasteiger partial charge is 0.222 e. The molecule has 3 aromatic rings. The van der Waals surface area contributed by atoms with E-state index in [9.17, 15) is 15.3 Å². The Balaban J connectivity index is 1.87. The molecule has 0 amide bonds. The van der Waals surface area contributed by atoms with Crippen molar-refractivity contribution in [1.29, 1.82) is 0 Å². The topological polar surface area (TPSA) is 140 Å². The molecule has 4 rings (SSSR count). The van der Waals surface area contributed by atoms with E-state index in [0.717, 1.165) is 5.56 Å². The normalized spacial score (nSPS) is 29.5. The molecule has 3 aromatic heterocycles. The zero-order chi connectivity index (χ0) is 17.8. The molecule has 1 fully saturated rings. The Morgan fingerprint density at radius 3 is 2.88 bits per heavy atom. The SMILES string of the molecule is C[C@@]1(O)[C@H](O)[C@@H](CO)O[C@H]1n1cnc2c(-c3ccsc3)nc(N)nc21. The number of fused-ring (bicyclic) bond motifs is 1. The maximum absolute atomic E-state index is 10.7. The molecular formula is C15H17N5O4S. The van der Waals surface area contributed by atoms with Crippen LogP contribution in [0.1, 0.15) is 13.2 Å². The van der Waals surface area contributed by atoms with E-state index in [-0.39, 0.29) is 5.95 Å². The number of nitrogens with two attached hydrogens (primary N) is 1. The maximum atomic E-state index is 10.7. The van der Waals surface area contributed by atoms with Crippen molar-refractivity contribution < 1.29 is 20.1 Å². The summed E-state index contributed by atoms with van der Waals surface area (Å²) < 4.78 is 7.14. The molecule has 25 heavy (non-hydrogen) atoms. The summed E-state index contributed by atoms with van der Waals surface area (Å²) in [6.07, 6.45) is -1.68. The molecule has 0 radical (unpaired) electrons. The van der Waals surface area contributed by atoms with E-state index in [1.807, 2.05) is 16.8 Å². The number of nitrogen functional groups attached to an aromatic ring is 1. The van der Waals surface area contributed by atoms with Gasteiger partial charge in [-0.3, -0.25) is 4.57 Å². The van der Waals surface area contributed by atoms with Gasteiger partial charge in [0.1, 0.15) is 29.0 Å². The third kappa shape index (κ3) is 2.41. The molecule has 4 heterocycles. The minimum absolute atomic E-state index is 0.0624. The Kier molecular flexibility index (Phi) is 3.74. The predicted molar refractivity (Wildman–Crippen MR) is 90.7 cm³/mol. The molecule has 0 spiro atoms. The van der Waals surface area contributed by atoms with Crippen molar-refractivity contribution in [2.75, 3.05) is 12.3 Å². The van der Waals surface area contributed by atoms with E-state index < -0.39 is 30.6 Å². The summed E-state index contributed by atoms with van der Waals surface area (Å²) in [5, 5.41) is 34.1. The van der Waals surface area contributed by atoms with Crippen molar-refractivity contribution in [1.82, 2.24) is 19.5 Å². The number of imidazole rings is 1. The second-order valence-electron chi connectivity index (χ2n) is 6.15. The highest BCUT2D eigenvalue weighted by molar-refractivity contribution is 7.08. The van der Waals surface area contributed by atoms with Gasteiger partial charge in [0, 0.05) is 10.9 Å². The van der Waals surface area contributed by atoms with E-state index in [1.54, 1.807) is 0 Å². The monoisotopic (exact) mass is 363 g/mol. The number of nitrogens with zero attached hydrogens (tertiary/aromatic N) is 4. The van der Waals surface area contributed by atoms with E-state index in [0.29, 0.717) is 16.9 Å². The van der Waals surface area contributed by atoms with Gasteiger partial charge in [0.15, 0.2) is 11.9 Å². The number of aromatic nitrogens is 4. The van der Waals surface area contributed by atoms with Gasteiger partial charge in [0.25, 0.3) is 0 Å². The van der Waals surface area contributed by atoms with Gasteiger partial charge < -0.3 is 25.8 Å². The van der Waals surface area contributed by atoms with Gasteiger partial charge in [-0.25, -0.2) is 9.97 Å². The predicted octanol–water partition coefficient (Wildman–Crippen LogP) is 0.139. The van der Waals surface area contributed by atoms with Crippen LogP contribution in [0.4, 0.5) is 5.95 Å². The number of thiophene rings is 1. The number of anilines is 1. The highest BCUT2D eigenvalue weighted by atomic mass is 32.1. The number of aliphatic hydroxyl groups is 3. The second kappa shape index (κ2) is 5.71. The number of aliphatic hydroxyl groups excluding tert-OH is 2. The molecule has 132 valence electrons. The Bertz CT molecular complexity index is 910. The van der Waals surface area contributed by atoms with Crippen LogP contribution in [0.15, 0.2) is 23.2 Å². The Labute approximate surface area is 146 Å². The molecule has 0 aliphatic carbocycles. The van der Waals surface area contributed by atoms with E-state index in [2.05, 4.69) is 15.0 Å². The Morgan fingerprint density at radius 2 is 2.24 bits per heavy atom. The van der Waals surface area contributed by atoms with Gasteiger partial charge in [-0.05, 0) is 18.4 Å². The molecule has 9 nitrogen and oxygen atoms in total. The van der Waals surface area contributed by atoms with Crippen molar-refractivity contribution in [3.63, 3.8) is 0 Å². The van der Waals surface area contributed by atoms with Gasteiger partial charge in [-0.2, -0.15) is 16.3 Å². The third-order valence-corrected chi connectivity index (χ3v) is 5.10. The molecule has 0 bridgehead atoms. The maximum Gasteiger partial charge on any atom is 0.222 e. The second-order valence-corrected chi connectivity index (χ2v) is 6.93. The first-order valence-corrected chi connectivity index (χ1v) is 8.57. The van der Waals surface area contributed by atoms with Crippen molar-refractivity contribution in [2.45, 2.75) is 31.0 Å². The molecule has 1 aliphatic heterocycles. The van der Waals surface area contributed by atoms with Crippen molar-refractivity contribution >= 4 is 28.4 Å². The molecule has 10 heteroatoms. The lowest BCUT2D eigenvalue weighted by atomic mass is 9.96. The molecule has 5 N–H and O–H groups in total. The fraction of sp³-hybridized carbons (Fsp3) is 0.400. The molecule has 0 aromatic carbocycles. The van der Waals surface area contributed by atoms with Crippen molar-refractivity contribution in [3.05, 3.63) is 23.2 Å². The molecular weight excluding hydrogens is 346 g/mol. The van der Waals surface area contributed by atoms with Gasteiger partial charge in [0.05, 0.1) is 12.9 Å². The molecule has 0 unspecified atom stereocenters. The minimum Gasteiger partial charge on any atom is -0.394 e. The standard InChI is InChI=1S/C15H17N5O4S/c1-15(23)11(22)8(4-21)24-13(15)20-6-17-10-9(7-2-3-25-5-7)18-14(16)19-12(10)20/h2-3,5-6,8,11,13,21-23H,4H2,1H3,(H2,16,18,19)/t8-,11-,13-,15-/m1/s1. The van der Waals surface area contributed by atoms with Crippen molar-refractivity contribution in [3.8, 4) is 11.3 Å². The summed E-state index contributed by atoms with van der Waals surface area (Å²) in [4.78, 5) is 12.9. The molecule has 0 saturated carbocycles. The van der Waals surface area contributed by atoms with Crippen LogP contribution in [0, 0.1) is 0 Å². The average Bonchev–Trinajstić information content (AvgIpc) is 3.28. The summed E-state index contributed by atoms with van der Waals surface area (Å²) in [6.45, 7) is 1.02. The minimum atomic E-state index is -1.64. The highest BCUT2D eigenvalue weighted by Crippen LogP contribution is 2.40. The lowest BCUT2D eigenvalue weighted by Crippen LogP contribution is -2.44. The number of hydrogen-bond donors (Lipinski definition) is 4. The molecule has 1 aliphatic rings. The summed E-state index contributed by atoms with van der Waals surface area (Å²) in [7, 11) is 0. The first-order chi connectivity index (χ1) is 11.9. The summed E-state index contributed by atoms with van der Waals surface area (Å²) >= 11 is 1.52. The van der Waals surface area contributed by atoms with Crippen LogP contribution in [0.5, 0.6) is 0 Å². The first kappa shape index (κ1) is 16.4. The molecule has 1 saturated heterocycles. The fourth-order valence-corrected chi connectivity index (χ4v) is 3.74. The van der Waals surface area contributed by atoms with Gasteiger partial charge in [-0.15, -0.1) is 0 Å². The summed E-state index contributed by atoms with van der Waals surface area (Å²) in [5.41, 5.74) is 6.55. The lowest BCUT2D eigenvalue weighted by Gasteiger charge is -2.27. The van der Waals surface area contributed by atoms with E-state index in [1.165, 1.54) is 29.2 Å². The first-order valence-electron chi connectivity index (χ1n) is 7.63. The van der Waals surface area contributed by atoms with Crippen LogP contribution in [0.2, 0.25) is 0 Å². The van der Waals surface area contributed by atoms with Crippen LogP contribution in [-0.4, -0.2) is 59.3 Å². The van der Waals surface area contributed by atoms with Crippen molar-refractivity contribution in [2.24, 2.45) is 0 Å². The van der Waals surface area contributed by atoms with Crippen LogP contribution >= 0.6 is 11.3 Å². The van der Waals surface area contributed by atoms with Gasteiger partial charge in [0.2, 0.25) is 5.95 Å². The Morgan fingerprint density at radius 1 is 1.44 bits per heavy atom. The van der Waals surface area contributed by atoms with Gasteiger partial charge in [-0.1, -0.05) is 0 Å². The zero-order valence-corrected chi connectivity index (χ0v) is 14.1. The van der Waals surface area contributed by atoms with Crippen LogP contribution < -0.4 is 5.73 Å². The van der Waals surface area contributed by atoms with E-state index in [4.69, 9.17) is 10.5 Å². The number of hydrogen-bond acceptors (Lipinski definition) is 9. The van der Waals surface area contributed by atoms with Gasteiger partial charge >= 0.3 is 0 Å². The number of rotatable bonds is 3.